The maximum absolute atomic E-state index is 14.9. The highest BCUT2D eigenvalue weighted by Crippen LogP contribution is 2.47. The van der Waals surface area contributed by atoms with Gasteiger partial charge in [-0.2, -0.15) is 8.78 Å². The average molecular weight is 401 g/mol. The van der Waals surface area contributed by atoms with E-state index in [9.17, 15) is 8.78 Å². The van der Waals surface area contributed by atoms with E-state index >= 15 is 0 Å². The van der Waals surface area contributed by atoms with Gasteiger partial charge in [-0.15, -0.1) is 0 Å². The zero-order valence-corrected chi connectivity index (χ0v) is 15.3. The number of nitrogens with zero attached hydrogens (tertiary/aromatic N) is 2. The number of para-hydroxylation sites is 1. The Hall–Kier alpha value is -2.14. The van der Waals surface area contributed by atoms with Crippen molar-refractivity contribution in [1.29, 1.82) is 0 Å². The minimum absolute atomic E-state index is 0.0215. The van der Waals surface area contributed by atoms with Crippen LogP contribution in [0.1, 0.15) is 30.7 Å². The summed E-state index contributed by atoms with van der Waals surface area (Å²) in [6.07, 6.45) is 0. The third kappa shape index (κ3) is 2.49. The average Bonchev–Trinajstić information content (AvgIpc) is 2.58. The lowest BCUT2D eigenvalue weighted by atomic mass is 9.82. The van der Waals surface area contributed by atoms with Gasteiger partial charge in [0.1, 0.15) is 5.54 Å². The van der Waals surface area contributed by atoms with Crippen LogP contribution < -0.4 is 0 Å². The van der Waals surface area contributed by atoms with E-state index < -0.39 is 11.5 Å². The van der Waals surface area contributed by atoms with E-state index in [0.29, 0.717) is 21.4 Å². The number of aromatic nitrogens is 1. The molecule has 25 heavy (non-hydrogen) atoms. The van der Waals surface area contributed by atoms with Crippen molar-refractivity contribution in [3.8, 4) is 0 Å². The topological polar surface area (TPSA) is 25.2 Å². The molecule has 126 valence electrons. The van der Waals surface area contributed by atoms with Crippen LogP contribution in [0.3, 0.4) is 0 Å². The van der Waals surface area contributed by atoms with Gasteiger partial charge in [-0.3, -0.25) is 4.99 Å². The number of rotatable bonds is 1. The lowest BCUT2D eigenvalue weighted by molar-refractivity contribution is -0.0682. The van der Waals surface area contributed by atoms with E-state index in [1.165, 1.54) is 19.9 Å². The smallest absolute Gasteiger partial charge is 0.270 e. The Bertz CT molecular complexity index is 1030. The molecular formula is C20H15BrF2N2. The third-order valence-corrected chi connectivity index (χ3v) is 5.07. The molecule has 0 saturated heterocycles. The normalized spacial score (nSPS) is 17.9. The van der Waals surface area contributed by atoms with Gasteiger partial charge in [-0.05, 0) is 38.1 Å². The molecule has 5 heteroatoms. The maximum atomic E-state index is 14.9. The standard InChI is InChI=1S/C20H15BrF2N2/c1-19(2)20(22,23)15-11-13(21)8-9-14(15)18(25-19)17-10-7-12-5-3-4-6-16(12)24-17/h3-11H,1-2H3. The van der Waals surface area contributed by atoms with Crippen LogP contribution in [0, 0.1) is 0 Å². The molecule has 0 atom stereocenters. The van der Waals surface area contributed by atoms with Gasteiger partial charge in [-0.25, -0.2) is 4.98 Å². The van der Waals surface area contributed by atoms with Gasteiger partial charge in [0.25, 0.3) is 5.92 Å². The molecule has 2 aromatic carbocycles. The Kier molecular flexibility index (Phi) is 3.55. The SMILES string of the molecule is CC1(C)N=C(c2ccc3ccccc3n2)c2ccc(Br)cc2C1(F)F. The first kappa shape index (κ1) is 16.3. The van der Waals surface area contributed by atoms with Crippen LogP contribution in [-0.4, -0.2) is 16.2 Å². The quantitative estimate of drug-likeness (QED) is 0.512. The van der Waals surface area contributed by atoms with Gasteiger partial charge in [0.05, 0.1) is 16.9 Å². The molecule has 2 nitrogen and oxygen atoms in total. The van der Waals surface area contributed by atoms with Crippen molar-refractivity contribution in [2.24, 2.45) is 4.99 Å². The van der Waals surface area contributed by atoms with E-state index in [2.05, 4.69) is 25.9 Å². The highest BCUT2D eigenvalue weighted by molar-refractivity contribution is 9.10. The molecule has 0 fully saturated rings. The molecule has 0 radical (unpaired) electrons. The fourth-order valence-electron chi connectivity index (χ4n) is 3.12. The van der Waals surface area contributed by atoms with Crippen molar-refractivity contribution < 1.29 is 8.78 Å². The van der Waals surface area contributed by atoms with E-state index in [4.69, 9.17) is 0 Å². The van der Waals surface area contributed by atoms with Crippen molar-refractivity contribution in [2.75, 3.05) is 0 Å². The summed E-state index contributed by atoms with van der Waals surface area (Å²) in [4.78, 5) is 9.05. The molecule has 1 aliphatic heterocycles. The zero-order valence-electron chi connectivity index (χ0n) is 13.7. The van der Waals surface area contributed by atoms with E-state index in [-0.39, 0.29) is 5.56 Å². The van der Waals surface area contributed by atoms with Crippen LogP contribution >= 0.6 is 15.9 Å². The molecule has 0 saturated carbocycles. The van der Waals surface area contributed by atoms with Crippen LogP contribution in [0.15, 0.2) is 64.1 Å². The first-order valence-corrected chi connectivity index (χ1v) is 8.73. The molecule has 0 amide bonds. The second kappa shape index (κ2) is 5.43. The third-order valence-electron chi connectivity index (χ3n) is 4.58. The van der Waals surface area contributed by atoms with E-state index in [1.807, 2.05) is 36.4 Å². The monoisotopic (exact) mass is 400 g/mol. The van der Waals surface area contributed by atoms with E-state index in [1.54, 1.807) is 12.1 Å². The molecular weight excluding hydrogens is 386 g/mol. The number of fused-ring (bicyclic) bond motifs is 2. The lowest BCUT2D eigenvalue weighted by Crippen LogP contribution is -2.44. The molecule has 3 aromatic rings. The van der Waals surface area contributed by atoms with Crippen LogP contribution in [0.4, 0.5) is 8.78 Å². The summed E-state index contributed by atoms with van der Waals surface area (Å²) < 4.78 is 30.5. The Morgan fingerprint density at radius 2 is 1.72 bits per heavy atom. The number of hydrogen-bond acceptors (Lipinski definition) is 2. The number of aliphatic imine (C=N–C) groups is 1. The summed E-state index contributed by atoms with van der Waals surface area (Å²) in [6, 6.07) is 16.4. The number of hydrogen-bond donors (Lipinski definition) is 0. The Morgan fingerprint density at radius 1 is 0.960 bits per heavy atom. The van der Waals surface area contributed by atoms with Crippen LogP contribution in [0.2, 0.25) is 0 Å². The van der Waals surface area contributed by atoms with Crippen molar-refractivity contribution >= 4 is 32.5 Å². The molecule has 1 aromatic heterocycles. The number of benzene rings is 2. The summed E-state index contributed by atoms with van der Waals surface area (Å²) >= 11 is 3.30. The van der Waals surface area contributed by atoms with Crippen LogP contribution in [0.25, 0.3) is 10.9 Å². The van der Waals surface area contributed by atoms with Crippen molar-refractivity contribution in [3.63, 3.8) is 0 Å². The number of pyridine rings is 1. The van der Waals surface area contributed by atoms with Crippen LogP contribution in [-0.2, 0) is 5.92 Å². The highest BCUT2D eigenvalue weighted by atomic mass is 79.9. The summed E-state index contributed by atoms with van der Waals surface area (Å²) in [7, 11) is 0. The summed E-state index contributed by atoms with van der Waals surface area (Å²) in [6.45, 7) is 2.91. The van der Waals surface area contributed by atoms with Gasteiger partial charge < -0.3 is 0 Å². The van der Waals surface area contributed by atoms with Gasteiger partial charge in [0.2, 0.25) is 0 Å². The number of alkyl halides is 2. The fraction of sp³-hybridized carbons (Fsp3) is 0.200. The van der Waals surface area contributed by atoms with Gasteiger partial charge >= 0.3 is 0 Å². The first-order valence-electron chi connectivity index (χ1n) is 7.94. The van der Waals surface area contributed by atoms with Crippen molar-refractivity contribution in [3.05, 3.63) is 75.9 Å². The highest BCUT2D eigenvalue weighted by Gasteiger charge is 2.53. The summed E-state index contributed by atoms with van der Waals surface area (Å²) in [5.41, 5.74) is 0.775. The Morgan fingerprint density at radius 3 is 2.52 bits per heavy atom. The number of halogens is 3. The molecule has 0 N–H and O–H groups in total. The zero-order chi connectivity index (χ0) is 17.8. The first-order chi connectivity index (χ1) is 11.8. The molecule has 0 unspecified atom stereocenters. The summed E-state index contributed by atoms with van der Waals surface area (Å²) in [5.74, 6) is -3.06. The molecule has 2 heterocycles. The minimum Gasteiger partial charge on any atom is -0.270 e. The predicted molar refractivity (Wildman–Crippen MR) is 99.5 cm³/mol. The molecule has 1 aliphatic rings. The second-order valence-corrected chi connectivity index (χ2v) is 7.59. The fourth-order valence-corrected chi connectivity index (χ4v) is 3.48. The van der Waals surface area contributed by atoms with Crippen molar-refractivity contribution in [2.45, 2.75) is 25.3 Å². The Labute approximate surface area is 152 Å². The van der Waals surface area contributed by atoms with E-state index in [0.717, 1.165) is 10.9 Å². The molecule has 0 aliphatic carbocycles. The van der Waals surface area contributed by atoms with Gasteiger partial charge in [0, 0.05) is 21.0 Å². The van der Waals surface area contributed by atoms with Gasteiger partial charge in [-0.1, -0.05) is 46.3 Å². The maximum Gasteiger partial charge on any atom is 0.297 e. The second-order valence-electron chi connectivity index (χ2n) is 6.67. The summed E-state index contributed by atoms with van der Waals surface area (Å²) in [5, 5.41) is 1.00. The minimum atomic E-state index is -3.06. The molecule has 0 spiro atoms. The Balaban J connectivity index is 1.98. The predicted octanol–water partition coefficient (Wildman–Crippen LogP) is 5.72. The largest absolute Gasteiger partial charge is 0.297 e. The van der Waals surface area contributed by atoms with Crippen LogP contribution in [0.5, 0.6) is 0 Å². The van der Waals surface area contributed by atoms with Crippen molar-refractivity contribution in [1.82, 2.24) is 4.98 Å². The molecule has 0 bridgehead atoms. The molecule has 4 rings (SSSR count). The lowest BCUT2D eigenvalue weighted by Gasteiger charge is -2.37. The van der Waals surface area contributed by atoms with Gasteiger partial charge in [0.15, 0.2) is 0 Å².